The molecular weight excluding hydrogens is 302 g/mol. The number of hydrogen-bond acceptors (Lipinski definition) is 3. The molecular formula is C20H21NO3. The Bertz CT molecular complexity index is 718. The molecule has 4 nitrogen and oxygen atoms in total. The fourth-order valence-electron chi connectivity index (χ4n) is 2.28. The number of carbonyl (C=O) groups excluding carboxylic acids is 1. The Morgan fingerprint density at radius 2 is 1.67 bits per heavy atom. The van der Waals surface area contributed by atoms with E-state index in [1.54, 1.807) is 11.6 Å². The van der Waals surface area contributed by atoms with Gasteiger partial charge >= 0.3 is 0 Å². The number of nitrogens with one attached hydrogen (secondary N) is 1. The molecule has 0 bridgehead atoms. The van der Waals surface area contributed by atoms with Gasteiger partial charge in [-0.3, -0.25) is 10.0 Å². The minimum absolute atomic E-state index is 0.144. The van der Waals surface area contributed by atoms with Crippen LogP contribution in [0.2, 0.25) is 0 Å². The lowest BCUT2D eigenvalue weighted by Gasteiger charge is -2.12. The number of hydroxylamine groups is 1. The third kappa shape index (κ3) is 5.41. The third-order valence-electron chi connectivity index (χ3n) is 3.39. The lowest BCUT2D eigenvalue weighted by molar-refractivity contribution is -0.124. The Balaban J connectivity index is 1.98. The second-order valence-electron chi connectivity index (χ2n) is 5.43. The van der Waals surface area contributed by atoms with Crippen molar-refractivity contribution in [2.45, 2.75) is 20.0 Å². The van der Waals surface area contributed by atoms with E-state index < -0.39 is 5.91 Å². The van der Waals surface area contributed by atoms with Gasteiger partial charge in [-0.15, -0.1) is 0 Å². The summed E-state index contributed by atoms with van der Waals surface area (Å²) in [6.45, 7) is 3.79. The molecule has 2 aromatic rings. The van der Waals surface area contributed by atoms with Crippen LogP contribution in [0.25, 0.3) is 11.1 Å². The summed E-state index contributed by atoms with van der Waals surface area (Å²) in [7, 11) is 0. The highest BCUT2D eigenvalue weighted by atomic mass is 16.5. The lowest BCUT2D eigenvalue weighted by Crippen LogP contribution is -2.15. The van der Waals surface area contributed by atoms with Gasteiger partial charge in [0.2, 0.25) is 0 Å². The molecule has 0 unspecified atom stereocenters. The zero-order chi connectivity index (χ0) is 17.4. The first kappa shape index (κ1) is 17.5. The number of amides is 1. The summed E-state index contributed by atoms with van der Waals surface area (Å²) in [6.07, 6.45) is 4.62. The largest absolute Gasteiger partial charge is 0.487 e. The normalized spacial score (nSPS) is 12.9. The van der Waals surface area contributed by atoms with Crippen molar-refractivity contribution in [2.24, 2.45) is 0 Å². The standard InChI is InChI=1S/C20H21NO3/c1-15(8-13-20(22)21-23)14-16(2)24-19-11-9-18(10-12-19)17-6-4-3-5-7-17/h3-14,16,23H,1-2H3,(H,21,22)/t16-/m1/s1. The molecule has 2 N–H and O–H groups in total. The van der Waals surface area contributed by atoms with E-state index in [-0.39, 0.29) is 6.10 Å². The number of hydrogen-bond donors (Lipinski definition) is 2. The van der Waals surface area contributed by atoms with Crippen LogP contribution < -0.4 is 10.2 Å². The van der Waals surface area contributed by atoms with E-state index in [4.69, 9.17) is 9.94 Å². The fourth-order valence-corrected chi connectivity index (χ4v) is 2.28. The molecule has 124 valence electrons. The highest BCUT2D eigenvalue weighted by molar-refractivity contribution is 5.86. The third-order valence-corrected chi connectivity index (χ3v) is 3.39. The van der Waals surface area contributed by atoms with Crippen LogP contribution in [0, 0.1) is 0 Å². The summed E-state index contributed by atoms with van der Waals surface area (Å²) in [5, 5.41) is 8.43. The highest BCUT2D eigenvalue weighted by Crippen LogP contribution is 2.22. The van der Waals surface area contributed by atoms with Gasteiger partial charge in [0.15, 0.2) is 0 Å². The van der Waals surface area contributed by atoms with Crippen molar-refractivity contribution in [1.29, 1.82) is 0 Å². The van der Waals surface area contributed by atoms with Crippen LogP contribution in [-0.4, -0.2) is 17.2 Å². The smallest absolute Gasteiger partial charge is 0.267 e. The number of rotatable bonds is 6. The lowest BCUT2D eigenvalue weighted by atomic mass is 10.1. The first-order chi connectivity index (χ1) is 11.6. The summed E-state index contributed by atoms with van der Waals surface area (Å²) >= 11 is 0. The molecule has 0 fully saturated rings. The van der Waals surface area contributed by atoms with Crippen molar-refractivity contribution in [3.8, 4) is 16.9 Å². The van der Waals surface area contributed by atoms with Crippen molar-refractivity contribution in [3.05, 3.63) is 78.4 Å². The second-order valence-corrected chi connectivity index (χ2v) is 5.43. The van der Waals surface area contributed by atoms with E-state index in [1.807, 2.05) is 62.4 Å². The predicted molar refractivity (Wildman–Crippen MR) is 94.8 cm³/mol. The first-order valence-corrected chi connectivity index (χ1v) is 7.71. The average molecular weight is 323 g/mol. The van der Waals surface area contributed by atoms with Crippen molar-refractivity contribution >= 4 is 5.91 Å². The van der Waals surface area contributed by atoms with E-state index in [1.165, 1.54) is 11.6 Å². The van der Waals surface area contributed by atoms with Gasteiger partial charge in [0, 0.05) is 6.08 Å². The fraction of sp³-hybridized carbons (Fsp3) is 0.150. The topological polar surface area (TPSA) is 58.6 Å². The predicted octanol–water partition coefficient (Wildman–Crippen LogP) is 4.13. The van der Waals surface area contributed by atoms with Crippen LogP contribution in [0.4, 0.5) is 0 Å². The molecule has 0 heterocycles. The SMILES string of the molecule is CC(C=CC(=O)NO)=C[C@@H](C)Oc1ccc(-c2ccccc2)cc1. The number of ether oxygens (including phenoxy) is 1. The number of carbonyl (C=O) groups is 1. The van der Waals surface area contributed by atoms with Crippen molar-refractivity contribution in [1.82, 2.24) is 5.48 Å². The van der Waals surface area contributed by atoms with Crippen molar-refractivity contribution in [3.63, 3.8) is 0 Å². The summed E-state index contributed by atoms with van der Waals surface area (Å²) < 4.78 is 5.85. The zero-order valence-corrected chi connectivity index (χ0v) is 13.8. The maximum Gasteiger partial charge on any atom is 0.267 e. The first-order valence-electron chi connectivity index (χ1n) is 7.71. The van der Waals surface area contributed by atoms with E-state index in [0.29, 0.717) is 0 Å². The minimum atomic E-state index is -0.562. The molecule has 0 aromatic heterocycles. The van der Waals surface area contributed by atoms with Crippen LogP contribution in [0.3, 0.4) is 0 Å². The van der Waals surface area contributed by atoms with Gasteiger partial charge in [-0.25, -0.2) is 5.48 Å². The van der Waals surface area contributed by atoms with E-state index in [9.17, 15) is 4.79 Å². The minimum Gasteiger partial charge on any atom is -0.487 e. The summed E-state index contributed by atoms with van der Waals surface area (Å²) in [5.41, 5.74) is 4.72. The molecule has 2 aromatic carbocycles. The van der Waals surface area contributed by atoms with E-state index >= 15 is 0 Å². The second kappa shape index (κ2) is 8.70. The molecule has 0 aliphatic heterocycles. The van der Waals surface area contributed by atoms with Gasteiger partial charge in [-0.2, -0.15) is 0 Å². The molecule has 0 aliphatic rings. The zero-order valence-electron chi connectivity index (χ0n) is 13.8. The summed E-state index contributed by atoms with van der Waals surface area (Å²) in [4.78, 5) is 10.9. The Labute approximate surface area is 142 Å². The van der Waals surface area contributed by atoms with E-state index in [2.05, 4.69) is 12.1 Å². The summed E-state index contributed by atoms with van der Waals surface area (Å²) in [5.74, 6) is 0.219. The van der Waals surface area contributed by atoms with Crippen molar-refractivity contribution < 1.29 is 14.7 Å². The Morgan fingerprint density at radius 3 is 2.29 bits per heavy atom. The maximum absolute atomic E-state index is 10.9. The summed E-state index contributed by atoms with van der Waals surface area (Å²) in [6, 6.07) is 18.1. The Morgan fingerprint density at radius 1 is 1.04 bits per heavy atom. The van der Waals surface area contributed by atoms with Gasteiger partial charge < -0.3 is 4.74 Å². The molecule has 2 rings (SSSR count). The molecule has 0 saturated heterocycles. The van der Waals surface area contributed by atoms with Gasteiger partial charge in [0.1, 0.15) is 11.9 Å². The van der Waals surface area contributed by atoms with Gasteiger partial charge in [-0.05, 0) is 43.2 Å². The molecule has 24 heavy (non-hydrogen) atoms. The molecule has 0 spiro atoms. The van der Waals surface area contributed by atoms with Crippen LogP contribution in [0.1, 0.15) is 13.8 Å². The van der Waals surface area contributed by atoms with Crippen LogP contribution in [0.15, 0.2) is 78.4 Å². The quantitative estimate of drug-likeness (QED) is 0.364. The average Bonchev–Trinajstić information content (AvgIpc) is 2.61. The number of allylic oxidation sites excluding steroid dienone is 2. The molecule has 1 amide bonds. The van der Waals surface area contributed by atoms with Crippen LogP contribution in [-0.2, 0) is 4.79 Å². The molecule has 4 heteroatoms. The Kier molecular flexibility index (Phi) is 6.34. The van der Waals surface area contributed by atoms with Gasteiger partial charge in [0.05, 0.1) is 0 Å². The van der Waals surface area contributed by atoms with Gasteiger partial charge in [-0.1, -0.05) is 54.1 Å². The highest BCUT2D eigenvalue weighted by Gasteiger charge is 2.02. The van der Waals surface area contributed by atoms with E-state index in [0.717, 1.165) is 16.9 Å². The van der Waals surface area contributed by atoms with Crippen molar-refractivity contribution in [2.75, 3.05) is 0 Å². The molecule has 0 radical (unpaired) electrons. The molecule has 0 saturated carbocycles. The van der Waals surface area contributed by atoms with Crippen LogP contribution >= 0.6 is 0 Å². The van der Waals surface area contributed by atoms with Gasteiger partial charge in [0.25, 0.3) is 5.91 Å². The van der Waals surface area contributed by atoms with Crippen LogP contribution in [0.5, 0.6) is 5.75 Å². The Hall–Kier alpha value is -2.85. The molecule has 1 atom stereocenters. The monoisotopic (exact) mass is 323 g/mol. The number of benzene rings is 2. The maximum atomic E-state index is 10.9. The molecule has 0 aliphatic carbocycles.